The second-order valence-corrected chi connectivity index (χ2v) is 10.2. The van der Waals surface area contributed by atoms with Gasteiger partial charge in [0.15, 0.2) is 5.84 Å². The second kappa shape index (κ2) is 9.58. The molecule has 3 aromatic carbocycles. The predicted molar refractivity (Wildman–Crippen MR) is 143 cm³/mol. The molecule has 0 bridgehead atoms. The largest absolute Gasteiger partial charge is 0.497 e. The Morgan fingerprint density at radius 1 is 1.06 bits per heavy atom. The Morgan fingerprint density at radius 2 is 1.71 bits per heavy atom. The lowest BCUT2D eigenvalue weighted by atomic mass is 9.84. The summed E-state index contributed by atoms with van der Waals surface area (Å²) < 4.78 is 36.9. The third-order valence-corrected chi connectivity index (χ3v) is 7.81. The van der Waals surface area contributed by atoms with E-state index in [2.05, 4.69) is 22.8 Å². The number of ether oxygens (including phenoxy) is 1. The quantitative estimate of drug-likeness (QED) is 0.389. The van der Waals surface area contributed by atoms with E-state index in [4.69, 9.17) is 4.74 Å². The zero-order valence-corrected chi connectivity index (χ0v) is 21.4. The lowest BCUT2D eigenvalue weighted by molar-refractivity contribution is 0.414. The summed E-state index contributed by atoms with van der Waals surface area (Å²) in [5.41, 5.74) is 2.95. The monoisotopic (exact) mass is 489 g/mol. The van der Waals surface area contributed by atoms with E-state index in [-0.39, 0.29) is 4.90 Å². The smallest absolute Gasteiger partial charge is 0.284 e. The molecule has 0 aliphatic carbocycles. The first-order valence-electron chi connectivity index (χ1n) is 11.6. The highest BCUT2D eigenvalue weighted by Gasteiger charge is 2.51. The number of amidine groups is 1. The first-order chi connectivity index (χ1) is 16.8. The van der Waals surface area contributed by atoms with Gasteiger partial charge in [0.25, 0.3) is 10.0 Å². The number of anilines is 2. The average Bonchev–Trinajstić information content (AvgIpc) is 3.09. The molecule has 4 rings (SSSR count). The van der Waals surface area contributed by atoms with Crippen LogP contribution in [0.15, 0.2) is 94.7 Å². The van der Waals surface area contributed by atoms with Gasteiger partial charge in [0, 0.05) is 30.5 Å². The number of nitrogens with zero attached hydrogens (tertiary/aromatic N) is 3. The Morgan fingerprint density at radius 3 is 2.31 bits per heavy atom. The summed E-state index contributed by atoms with van der Waals surface area (Å²) in [4.78, 5) is 4.25. The molecule has 0 aromatic heterocycles. The van der Waals surface area contributed by atoms with Gasteiger partial charge in [-0.1, -0.05) is 42.0 Å². The van der Waals surface area contributed by atoms with Crippen LogP contribution in [0.2, 0.25) is 0 Å². The van der Waals surface area contributed by atoms with Crippen LogP contribution in [0.3, 0.4) is 0 Å². The minimum atomic E-state index is -3.97. The normalized spacial score (nSPS) is 18.4. The lowest BCUT2D eigenvalue weighted by Crippen LogP contribution is -2.53. The van der Waals surface area contributed by atoms with Crippen molar-refractivity contribution in [1.82, 2.24) is 0 Å². The molecule has 3 aromatic rings. The van der Waals surface area contributed by atoms with E-state index >= 15 is 0 Å². The van der Waals surface area contributed by atoms with Crippen LogP contribution in [0.1, 0.15) is 24.5 Å². The number of aryl methyl sites for hydroxylation is 1. The summed E-state index contributed by atoms with van der Waals surface area (Å²) in [6.07, 6.45) is 2.30. The topological polar surface area (TPSA) is 62.2 Å². The van der Waals surface area contributed by atoms with E-state index in [1.165, 1.54) is 0 Å². The van der Waals surface area contributed by atoms with Gasteiger partial charge in [0.1, 0.15) is 11.3 Å². The molecular weight excluding hydrogens is 458 g/mol. The summed E-state index contributed by atoms with van der Waals surface area (Å²) >= 11 is 0. The van der Waals surface area contributed by atoms with E-state index in [1.807, 2.05) is 73.5 Å². The van der Waals surface area contributed by atoms with Crippen LogP contribution in [0.4, 0.5) is 11.4 Å². The highest BCUT2D eigenvalue weighted by atomic mass is 32.2. The molecular formula is C28H31N3O3S. The molecule has 0 saturated heterocycles. The van der Waals surface area contributed by atoms with Gasteiger partial charge in [-0.05, 0) is 62.7 Å². The molecule has 0 fully saturated rings. The van der Waals surface area contributed by atoms with Gasteiger partial charge in [0.2, 0.25) is 0 Å². The SMILES string of the molecule is C=CCC1(N(CC)c2ccc(OC)cc2)/C(=N/S(=O)(=O)c2ccc(C)cc2)N(C)c2ccccc21. The third-order valence-electron chi connectivity index (χ3n) is 6.52. The van der Waals surface area contributed by atoms with Crippen LogP contribution < -0.4 is 14.5 Å². The van der Waals surface area contributed by atoms with Crippen LogP contribution in [0.25, 0.3) is 0 Å². The van der Waals surface area contributed by atoms with Gasteiger partial charge < -0.3 is 14.5 Å². The molecule has 0 N–H and O–H groups in total. The lowest BCUT2D eigenvalue weighted by Gasteiger charge is -2.43. The molecule has 0 amide bonds. The van der Waals surface area contributed by atoms with Crippen molar-refractivity contribution in [2.45, 2.75) is 30.7 Å². The van der Waals surface area contributed by atoms with Gasteiger partial charge in [0.05, 0.1) is 12.0 Å². The Kier molecular flexibility index (Phi) is 6.72. The molecule has 1 unspecified atom stereocenters. The maximum absolute atomic E-state index is 13.5. The molecule has 35 heavy (non-hydrogen) atoms. The minimum absolute atomic E-state index is 0.167. The maximum atomic E-state index is 13.5. The van der Waals surface area contributed by atoms with Gasteiger partial charge in [-0.2, -0.15) is 8.42 Å². The molecule has 0 spiro atoms. The summed E-state index contributed by atoms with van der Waals surface area (Å²) in [6, 6.07) is 22.5. The Labute approximate surface area is 208 Å². The average molecular weight is 490 g/mol. The van der Waals surface area contributed by atoms with Crippen LogP contribution in [-0.4, -0.2) is 35.0 Å². The van der Waals surface area contributed by atoms with Gasteiger partial charge in [-0.15, -0.1) is 11.0 Å². The van der Waals surface area contributed by atoms with Gasteiger partial charge in [-0.3, -0.25) is 0 Å². The highest BCUT2D eigenvalue weighted by Crippen LogP contribution is 2.48. The number of sulfonamides is 1. The fourth-order valence-electron chi connectivity index (χ4n) is 4.86. The van der Waals surface area contributed by atoms with E-state index in [1.54, 1.807) is 31.4 Å². The fraction of sp³-hybridized carbons (Fsp3) is 0.250. The number of para-hydroxylation sites is 1. The molecule has 6 nitrogen and oxygen atoms in total. The van der Waals surface area contributed by atoms with Crippen molar-refractivity contribution in [3.8, 4) is 5.75 Å². The number of hydrogen-bond acceptors (Lipinski definition) is 4. The number of hydrogen-bond donors (Lipinski definition) is 0. The molecule has 7 heteroatoms. The minimum Gasteiger partial charge on any atom is -0.497 e. The van der Waals surface area contributed by atoms with Crippen molar-refractivity contribution >= 4 is 27.2 Å². The molecule has 182 valence electrons. The van der Waals surface area contributed by atoms with Crippen LogP contribution in [0.5, 0.6) is 5.75 Å². The third kappa shape index (κ3) is 4.21. The van der Waals surface area contributed by atoms with Crippen molar-refractivity contribution in [2.75, 3.05) is 30.5 Å². The Hall–Kier alpha value is -3.58. The van der Waals surface area contributed by atoms with E-state index < -0.39 is 15.6 Å². The van der Waals surface area contributed by atoms with Crippen molar-refractivity contribution in [2.24, 2.45) is 4.40 Å². The molecule has 1 atom stereocenters. The zero-order valence-electron chi connectivity index (χ0n) is 20.6. The fourth-order valence-corrected chi connectivity index (χ4v) is 5.95. The van der Waals surface area contributed by atoms with E-state index in [0.717, 1.165) is 28.3 Å². The molecule has 1 aliphatic heterocycles. The highest BCUT2D eigenvalue weighted by molar-refractivity contribution is 7.90. The first kappa shape index (κ1) is 24.5. The van der Waals surface area contributed by atoms with Crippen molar-refractivity contribution in [1.29, 1.82) is 0 Å². The van der Waals surface area contributed by atoms with Crippen molar-refractivity contribution < 1.29 is 13.2 Å². The number of methoxy groups -OCH3 is 1. The van der Waals surface area contributed by atoms with Crippen LogP contribution in [-0.2, 0) is 15.6 Å². The summed E-state index contributed by atoms with van der Waals surface area (Å²) in [5, 5.41) is 0. The predicted octanol–water partition coefficient (Wildman–Crippen LogP) is 5.54. The van der Waals surface area contributed by atoms with E-state index in [0.29, 0.717) is 18.8 Å². The first-order valence-corrected chi connectivity index (χ1v) is 13.0. The van der Waals surface area contributed by atoms with E-state index in [9.17, 15) is 8.42 Å². The number of likely N-dealkylation sites (N-methyl/N-ethyl adjacent to an activating group) is 2. The Balaban J connectivity index is 1.99. The summed E-state index contributed by atoms with van der Waals surface area (Å²) in [6.45, 7) is 8.63. The van der Waals surface area contributed by atoms with Gasteiger partial charge >= 0.3 is 0 Å². The van der Waals surface area contributed by atoms with Gasteiger partial charge in [-0.25, -0.2) is 0 Å². The van der Waals surface area contributed by atoms with Crippen LogP contribution in [0, 0.1) is 6.92 Å². The Bertz CT molecular complexity index is 1350. The number of rotatable bonds is 8. The molecule has 1 heterocycles. The standard InChI is InChI=1S/C28H31N3O3S/c1-6-20-28(31(7-2)22-14-16-23(34-5)17-15-22)25-10-8-9-11-26(25)30(4)27(28)29-35(32,33)24-18-12-21(3)13-19-24/h6,8-19H,1,7,20H2,2-5H3/b29-27-. The molecule has 0 saturated carbocycles. The van der Waals surface area contributed by atoms with Crippen molar-refractivity contribution in [3.63, 3.8) is 0 Å². The number of benzene rings is 3. The number of fused-ring (bicyclic) bond motifs is 1. The summed E-state index contributed by atoms with van der Waals surface area (Å²) in [7, 11) is -0.466. The maximum Gasteiger partial charge on any atom is 0.284 e. The second-order valence-electron chi connectivity index (χ2n) is 8.57. The molecule has 1 aliphatic rings. The molecule has 0 radical (unpaired) electrons. The van der Waals surface area contributed by atoms with Crippen molar-refractivity contribution in [3.05, 3.63) is 96.6 Å². The summed E-state index contributed by atoms with van der Waals surface area (Å²) in [5.74, 6) is 1.19. The van der Waals surface area contributed by atoms with Crippen LogP contribution >= 0.6 is 0 Å². The zero-order chi connectivity index (χ0) is 25.2.